The van der Waals surface area contributed by atoms with E-state index in [1.165, 1.54) is 16.9 Å². The van der Waals surface area contributed by atoms with Crippen molar-refractivity contribution < 1.29 is 9.47 Å². The fraction of sp³-hybridized carbons (Fsp3) is 0.400. The molecule has 1 aromatic carbocycles. The second-order valence-electron chi connectivity index (χ2n) is 6.56. The predicted octanol–water partition coefficient (Wildman–Crippen LogP) is 2.92. The summed E-state index contributed by atoms with van der Waals surface area (Å²) in [5, 5.41) is 1.94. The molecule has 4 rings (SSSR count). The van der Waals surface area contributed by atoms with E-state index in [-0.39, 0.29) is 5.56 Å². The Kier molecular flexibility index (Phi) is 5.13. The number of hydrogen-bond donors (Lipinski definition) is 0. The number of rotatable bonds is 5. The molecule has 27 heavy (non-hydrogen) atoms. The lowest BCUT2D eigenvalue weighted by Gasteiger charge is -2.20. The van der Waals surface area contributed by atoms with Crippen LogP contribution in [0.5, 0.6) is 11.5 Å². The monoisotopic (exact) mass is 385 g/mol. The van der Waals surface area contributed by atoms with Crippen LogP contribution in [-0.4, -0.2) is 41.3 Å². The van der Waals surface area contributed by atoms with Gasteiger partial charge in [0.25, 0.3) is 5.56 Å². The van der Waals surface area contributed by atoms with E-state index in [4.69, 9.17) is 14.5 Å². The van der Waals surface area contributed by atoms with Crippen LogP contribution < -0.4 is 15.0 Å². The topological polar surface area (TPSA) is 56.6 Å². The first-order valence-electron chi connectivity index (χ1n) is 9.18. The molecule has 0 aliphatic carbocycles. The number of fused-ring (bicyclic) bond motifs is 2. The third-order valence-corrected chi connectivity index (χ3v) is 5.76. The zero-order valence-electron chi connectivity index (χ0n) is 15.6. The van der Waals surface area contributed by atoms with Crippen LogP contribution in [0.4, 0.5) is 0 Å². The van der Waals surface area contributed by atoms with Gasteiger partial charge < -0.3 is 9.47 Å². The van der Waals surface area contributed by atoms with Gasteiger partial charge in [-0.2, -0.15) is 0 Å². The standard InChI is InChI=1S/C20H23N3O3S/c1-3-26-16-5-4-14(12-17(16)25-2)13-22-8-6-18-21-15-7-11-27-19(15)20(24)23(18)10-9-22/h4-5,7,11-12H,3,6,8-10,13H2,1-2H3. The maximum Gasteiger partial charge on any atom is 0.271 e. The van der Waals surface area contributed by atoms with Gasteiger partial charge in [-0.3, -0.25) is 14.3 Å². The van der Waals surface area contributed by atoms with Crippen LogP contribution >= 0.6 is 11.3 Å². The number of nitrogens with zero attached hydrogens (tertiary/aromatic N) is 3. The Labute approximate surface area is 162 Å². The van der Waals surface area contributed by atoms with E-state index in [0.717, 1.165) is 53.6 Å². The highest BCUT2D eigenvalue weighted by molar-refractivity contribution is 7.17. The number of benzene rings is 1. The summed E-state index contributed by atoms with van der Waals surface area (Å²) in [5.41, 5.74) is 2.08. The average molecular weight is 385 g/mol. The molecule has 6 nitrogen and oxygen atoms in total. The smallest absolute Gasteiger partial charge is 0.271 e. The maximum absolute atomic E-state index is 12.7. The number of hydrogen-bond acceptors (Lipinski definition) is 6. The minimum Gasteiger partial charge on any atom is -0.493 e. The van der Waals surface area contributed by atoms with E-state index in [1.807, 2.05) is 35.1 Å². The lowest BCUT2D eigenvalue weighted by Crippen LogP contribution is -2.28. The Morgan fingerprint density at radius 1 is 1.19 bits per heavy atom. The highest BCUT2D eigenvalue weighted by Crippen LogP contribution is 2.28. The van der Waals surface area contributed by atoms with Gasteiger partial charge in [0.15, 0.2) is 11.5 Å². The van der Waals surface area contributed by atoms with E-state index in [2.05, 4.69) is 11.0 Å². The number of thiophene rings is 1. The van der Waals surface area contributed by atoms with Crippen molar-refractivity contribution in [3.05, 3.63) is 51.4 Å². The van der Waals surface area contributed by atoms with Gasteiger partial charge in [0, 0.05) is 32.6 Å². The number of aromatic nitrogens is 2. The Morgan fingerprint density at radius 2 is 2.07 bits per heavy atom. The molecule has 0 saturated heterocycles. The predicted molar refractivity (Wildman–Crippen MR) is 107 cm³/mol. The molecule has 142 valence electrons. The Balaban J connectivity index is 1.52. The van der Waals surface area contributed by atoms with Gasteiger partial charge in [-0.1, -0.05) is 6.07 Å². The Hall–Kier alpha value is -2.38. The van der Waals surface area contributed by atoms with Crippen molar-refractivity contribution in [2.75, 3.05) is 26.8 Å². The minimum absolute atomic E-state index is 0.0922. The molecule has 3 aromatic rings. The van der Waals surface area contributed by atoms with Crippen molar-refractivity contribution in [1.82, 2.24) is 14.5 Å². The van der Waals surface area contributed by atoms with Gasteiger partial charge in [0.2, 0.25) is 0 Å². The fourth-order valence-electron chi connectivity index (χ4n) is 3.52. The van der Waals surface area contributed by atoms with E-state index >= 15 is 0 Å². The van der Waals surface area contributed by atoms with Gasteiger partial charge >= 0.3 is 0 Å². The van der Waals surface area contributed by atoms with Crippen molar-refractivity contribution in [1.29, 1.82) is 0 Å². The van der Waals surface area contributed by atoms with Gasteiger partial charge in [-0.15, -0.1) is 11.3 Å². The summed E-state index contributed by atoms with van der Waals surface area (Å²) in [6.07, 6.45) is 0.773. The zero-order chi connectivity index (χ0) is 18.8. The first-order chi connectivity index (χ1) is 13.2. The molecule has 0 N–H and O–H groups in total. The molecule has 0 bridgehead atoms. The second-order valence-corrected chi connectivity index (χ2v) is 7.48. The molecule has 0 radical (unpaired) electrons. The summed E-state index contributed by atoms with van der Waals surface area (Å²) in [6.45, 7) is 5.74. The molecule has 7 heteroatoms. The van der Waals surface area contributed by atoms with Crippen LogP contribution in [0, 0.1) is 0 Å². The fourth-order valence-corrected chi connectivity index (χ4v) is 4.30. The molecule has 0 fully saturated rings. The van der Waals surface area contributed by atoms with E-state index in [0.29, 0.717) is 13.2 Å². The normalized spacial score (nSPS) is 14.7. The van der Waals surface area contributed by atoms with Crippen molar-refractivity contribution in [3.8, 4) is 11.5 Å². The zero-order valence-corrected chi connectivity index (χ0v) is 16.4. The third kappa shape index (κ3) is 3.57. The van der Waals surface area contributed by atoms with E-state index < -0.39 is 0 Å². The van der Waals surface area contributed by atoms with Crippen molar-refractivity contribution >= 4 is 21.6 Å². The Morgan fingerprint density at radius 3 is 2.89 bits per heavy atom. The number of methoxy groups -OCH3 is 1. The molecule has 2 aromatic heterocycles. The molecule has 0 spiro atoms. The van der Waals surface area contributed by atoms with Crippen LogP contribution in [-0.2, 0) is 19.5 Å². The summed E-state index contributed by atoms with van der Waals surface area (Å²) >= 11 is 1.47. The highest BCUT2D eigenvalue weighted by Gasteiger charge is 2.18. The molecule has 0 amide bonds. The second kappa shape index (κ2) is 7.70. The van der Waals surface area contributed by atoms with Gasteiger partial charge in [-0.05, 0) is 36.1 Å². The molecule has 0 unspecified atom stereocenters. The summed E-state index contributed by atoms with van der Waals surface area (Å²) in [5.74, 6) is 2.41. The molecule has 0 atom stereocenters. The molecular weight excluding hydrogens is 362 g/mol. The van der Waals surface area contributed by atoms with Crippen LogP contribution in [0.2, 0.25) is 0 Å². The van der Waals surface area contributed by atoms with Gasteiger partial charge in [-0.25, -0.2) is 4.98 Å². The van der Waals surface area contributed by atoms with E-state index in [9.17, 15) is 4.79 Å². The molecule has 1 aliphatic rings. The third-order valence-electron chi connectivity index (χ3n) is 4.87. The Bertz CT molecular complexity index is 1010. The van der Waals surface area contributed by atoms with Crippen LogP contribution in [0.15, 0.2) is 34.4 Å². The first kappa shape index (κ1) is 18.0. The first-order valence-corrected chi connectivity index (χ1v) is 10.1. The highest BCUT2D eigenvalue weighted by atomic mass is 32.1. The molecular formula is C20H23N3O3S. The molecule has 1 aliphatic heterocycles. The quantitative estimate of drug-likeness (QED) is 0.676. The van der Waals surface area contributed by atoms with Crippen molar-refractivity contribution in [2.24, 2.45) is 0 Å². The van der Waals surface area contributed by atoms with Gasteiger partial charge in [0.05, 0.1) is 19.2 Å². The van der Waals surface area contributed by atoms with E-state index in [1.54, 1.807) is 7.11 Å². The minimum atomic E-state index is 0.0922. The SMILES string of the molecule is CCOc1ccc(CN2CCc3nc4ccsc4c(=O)n3CC2)cc1OC. The molecule has 0 saturated carbocycles. The summed E-state index contributed by atoms with van der Waals surface area (Å²) in [7, 11) is 1.66. The largest absolute Gasteiger partial charge is 0.493 e. The summed E-state index contributed by atoms with van der Waals surface area (Å²) in [4.78, 5) is 19.8. The average Bonchev–Trinajstić information content (AvgIpc) is 3.06. The summed E-state index contributed by atoms with van der Waals surface area (Å²) < 4.78 is 13.6. The van der Waals surface area contributed by atoms with Crippen molar-refractivity contribution in [3.63, 3.8) is 0 Å². The van der Waals surface area contributed by atoms with Crippen molar-refractivity contribution in [2.45, 2.75) is 26.4 Å². The number of ether oxygens (including phenoxy) is 2. The lowest BCUT2D eigenvalue weighted by atomic mass is 10.2. The summed E-state index contributed by atoms with van der Waals surface area (Å²) in [6, 6.07) is 8.00. The maximum atomic E-state index is 12.7. The van der Waals surface area contributed by atoms with Crippen LogP contribution in [0.25, 0.3) is 10.2 Å². The van der Waals surface area contributed by atoms with Gasteiger partial charge in [0.1, 0.15) is 10.5 Å². The molecule has 3 heterocycles. The lowest BCUT2D eigenvalue weighted by molar-refractivity contribution is 0.270. The van der Waals surface area contributed by atoms with Crippen LogP contribution in [0.3, 0.4) is 0 Å². The van der Waals surface area contributed by atoms with Crippen LogP contribution in [0.1, 0.15) is 18.3 Å².